The molecule has 0 aromatic rings. The van der Waals surface area contributed by atoms with Gasteiger partial charge in [0.1, 0.15) is 0 Å². The van der Waals surface area contributed by atoms with Gasteiger partial charge in [0.25, 0.3) is 0 Å². The number of rotatable bonds is 6. The third-order valence-electron chi connectivity index (χ3n) is 2.02. The van der Waals surface area contributed by atoms with E-state index in [9.17, 15) is 0 Å². The van der Waals surface area contributed by atoms with Gasteiger partial charge < -0.3 is 5.73 Å². The van der Waals surface area contributed by atoms with E-state index in [1.807, 2.05) is 0 Å². The molecule has 0 unspecified atom stereocenters. The smallest absolute Gasteiger partial charge is 0.0487 e. The highest BCUT2D eigenvalue weighted by Crippen LogP contribution is 2.01. The van der Waals surface area contributed by atoms with Crippen molar-refractivity contribution in [1.82, 2.24) is 0 Å². The fourth-order valence-corrected chi connectivity index (χ4v) is 2.50. The number of hydrogen-bond donors (Lipinski definition) is 1. The molecule has 0 aliphatic carbocycles. The second-order valence-electron chi connectivity index (χ2n) is 3.09. The quantitative estimate of drug-likeness (QED) is 0.477. The summed E-state index contributed by atoms with van der Waals surface area (Å²) >= 11 is 0. The van der Waals surface area contributed by atoms with E-state index in [1.165, 1.54) is 25.3 Å². The van der Waals surface area contributed by atoms with Crippen LogP contribution in [0.4, 0.5) is 0 Å². The molecule has 1 nitrogen and oxygen atoms in total. The molecular formula is C9H21NSi. The van der Waals surface area contributed by atoms with Crippen molar-refractivity contribution in [3.8, 4) is 0 Å². The molecule has 0 aliphatic rings. The third-order valence-corrected chi connectivity index (χ3v) is 4.07. The average molecular weight is 171 g/mol. The van der Waals surface area contributed by atoms with Gasteiger partial charge in [0, 0.05) is 9.52 Å². The van der Waals surface area contributed by atoms with Crippen molar-refractivity contribution in [2.45, 2.75) is 39.2 Å². The lowest BCUT2D eigenvalue weighted by Crippen LogP contribution is -1.98. The van der Waals surface area contributed by atoms with E-state index in [-0.39, 0.29) is 9.52 Å². The first-order chi connectivity index (χ1) is 5.31. The molecule has 0 aromatic heterocycles. The highest BCUT2D eigenvalue weighted by Gasteiger charge is 1.90. The molecule has 0 amide bonds. The summed E-state index contributed by atoms with van der Waals surface area (Å²) in [6.45, 7) is 5.27. The molecule has 2 N–H and O–H groups in total. The molecule has 0 spiro atoms. The van der Waals surface area contributed by atoms with Gasteiger partial charge in [0.2, 0.25) is 0 Å². The summed E-state index contributed by atoms with van der Waals surface area (Å²) in [5, 5.41) is 1.65. The minimum absolute atomic E-state index is 0.128. The average Bonchev–Trinajstić information content (AvgIpc) is 2.04. The molecule has 0 radical (unpaired) electrons. The largest absolute Gasteiger partial charge is 0.330 e. The summed E-state index contributed by atoms with van der Waals surface area (Å²) < 4.78 is 0. The lowest BCUT2D eigenvalue weighted by molar-refractivity contribution is 0.725. The zero-order valence-corrected chi connectivity index (χ0v) is 9.31. The Morgan fingerprint density at radius 2 is 2.09 bits per heavy atom. The Bertz CT molecular complexity index is 110. The predicted molar refractivity (Wildman–Crippen MR) is 55.7 cm³/mol. The fraction of sp³-hybridized carbons (Fsp3) is 0.778. The number of allylic oxidation sites excluding steroid dienone is 2. The number of unbranched alkanes of at least 4 members (excludes halogenated alkanes) is 2. The maximum absolute atomic E-state index is 5.40. The van der Waals surface area contributed by atoms with Crippen molar-refractivity contribution < 1.29 is 0 Å². The van der Waals surface area contributed by atoms with E-state index >= 15 is 0 Å². The van der Waals surface area contributed by atoms with Gasteiger partial charge in [-0.2, -0.15) is 0 Å². The van der Waals surface area contributed by atoms with Crippen molar-refractivity contribution in [2.24, 2.45) is 5.73 Å². The normalized spacial score (nSPS) is 13.2. The van der Waals surface area contributed by atoms with E-state index in [0.717, 1.165) is 6.54 Å². The van der Waals surface area contributed by atoms with Gasteiger partial charge in [-0.1, -0.05) is 30.2 Å². The number of nitrogens with two attached hydrogens (primary N) is 1. The Morgan fingerprint density at radius 3 is 2.64 bits per heavy atom. The fourth-order valence-electron chi connectivity index (χ4n) is 1.05. The minimum atomic E-state index is 0.128. The van der Waals surface area contributed by atoms with Crippen molar-refractivity contribution in [3.05, 3.63) is 11.3 Å². The zero-order chi connectivity index (χ0) is 8.53. The Kier molecular flexibility index (Phi) is 7.96. The summed E-state index contributed by atoms with van der Waals surface area (Å²) in [4.78, 5) is 0. The van der Waals surface area contributed by atoms with Crippen LogP contribution in [0.15, 0.2) is 11.3 Å². The van der Waals surface area contributed by atoms with Crippen LogP contribution in [0.25, 0.3) is 0 Å². The molecule has 0 bridgehead atoms. The molecule has 0 aromatic carbocycles. The molecule has 0 saturated heterocycles. The van der Waals surface area contributed by atoms with Gasteiger partial charge in [0.15, 0.2) is 0 Å². The Balaban J connectivity index is 3.02. The summed E-state index contributed by atoms with van der Waals surface area (Å²) in [5.41, 5.74) is 5.40. The topological polar surface area (TPSA) is 26.0 Å². The van der Waals surface area contributed by atoms with E-state index in [4.69, 9.17) is 5.73 Å². The lowest BCUT2D eigenvalue weighted by atomic mass is 10.2. The first-order valence-corrected chi connectivity index (χ1v) is 6.33. The molecule has 0 rings (SSSR count). The maximum Gasteiger partial charge on any atom is 0.0487 e. The van der Waals surface area contributed by atoms with E-state index < -0.39 is 0 Å². The van der Waals surface area contributed by atoms with Crippen LogP contribution in [0.2, 0.25) is 6.04 Å². The summed E-state index contributed by atoms with van der Waals surface area (Å²) in [7, 11) is 0.128. The van der Waals surface area contributed by atoms with Crippen LogP contribution in [0.5, 0.6) is 0 Å². The summed E-state index contributed by atoms with van der Waals surface area (Å²) in [5.74, 6) is 0. The van der Waals surface area contributed by atoms with Gasteiger partial charge in [-0.3, -0.25) is 0 Å². The Hall–Kier alpha value is -0.0831. The van der Waals surface area contributed by atoms with Gasteiger partial charge in [-0.15, -0.1) is 0 Å². The van der Waals surface area contributed by atoms with Crippen molar-refractivity contribution in [2.75, 3.05) is 6.54 Å². The molecule has 66 valence electrons. The van der Waals surface area contributed by atoms with Gasteiger partial charge in [0.05, 0.1) is 0 Å². The summed E-state index contributed by atoms with van der Waals surface area (Å²) in [6.07, 6.45) is 6.20. The molecular weight excluding hydrogens is 150 g/mol. The van der Waals surface area contributed by atoms with Gasteiger partial charge in [-0.25, -0.2) is 0 Å². The Morgan fingerprint density at radius 1 is 1.36 bits per heavy atom. The Labute approximate surface area is 72.9 Å². The van der Waals surface area contributed by atoms with Crippen LogP contribution in [0.3, 0.4) is 0 Å². The molecule has 0 saturated carbocycles. The van der Waals surface area contributed by atoms with Crippen molar-refractivity contribution in [3.63, 3.8) is 0 Å². The summed E-state index contributed by atoms with van der Waals surface area (Å²) in [6, 6.07) is 1.47. The van der Waals surface area contributed by atoms with Gasteiger partial charge in [-0.05, 0) is 26.8 Å². The molecule has 0 atom stereocenters. The molecule has 2 heteroatoms. The van der Waals surface area contributed by atoms with E-state index in [1.54, 1.807) is 5.20 Å². The van der Waals surface area contributed by atoms with Crippen molar-refractivity contribution >= 4 is 9.52 Å². The predicted octanol–water partition coefficient (Wildman–Crippen LogP) is 1.63. The van der Waals surface area contributed by atoms with Crippen LogP contribution < -0.4 is 5.73 Å². The van der Waals surface area contributed by atoms with E-state index in [2.05, 4.69) is 19.9 Å². The monoisotopic (exact) mass is 171 g/mol. The molecule has 11 heavy (non-hydrogen) atoms. The minimum Gasteiger partial charge on any atom is -0.330 e. The lowest BCUT2D eigenvalue weighted by Gasteiger charge is -1.98. The van der Waals surface area contributed by atoms with Crippen LogP contribution in [-0.2, 0) is 0 Å². The van der Waals surface area contributed by atoms with Crippen LogP contribution in [-0.4, -0.2) is 16.1 Å². The van der Waals surface area contributed by atoms with Crippen LogP contribution in [0, 0.1) is 0 Å². The SMILES string of the molecule is CC=C(C)[SiH2]CCCCCN. The first-order valence-electron chi connectivity index (χ1n) is 4.63. The maximum atomic E-state index is 5.40. The second-order valence-corrected chi connectivity index (χ2v) is 5.41. The second kappa shape index (κ2) is 8.02. The molecule has 0 fully saturated rings. The zero-order valence-electron chi connectivity index (χ0n) is 7.90. The van der Waals surface area contributed by atoms with Crippen LogP contribution in [0.1, 0.15) is 33.1 Å². The van der Waals surface area contributed by atoms with Gasteiger partial charge >= 0.3 is 0 Å². The highest BCUT2D eigenvalue weighted by atomic mass is 28.2. The highest BCUT2D eigenvalue weighted by molar-refractivity contribution is 6.44. The third kappa shape index (κ3) is 7.82. The number of hydrogen-bond acceptors (Lipinski definition) is 1. The van der Waals surface area contributed by atoms with E-state index in [0.29, 0.717) is 0 Å². The van der Waals surface area contributed by atoms with Crippen LogP contribution >= 0.6 is 0 Å². The first kappa shape index (κ1) is 10.9. The molecule has 0 aliphatic heterocycles. The standard InChI is InChI=1S/C9H21NSi/c1-3-9(2)11-8-6-4-5-7-10/h3H,4-8,10-11H2,1-2H3. The molecule has 0 heterocycles. The van der Waals surface area contributed by atoms with Crippen molar-refractivity contribution in [1.29, 1.82) is 0 Å².